The molecule has 100 valence electrons. The molecule has 5 nitrogen and oxygen atoms in total. The zero-order valence-electron chi connectivity index (χ0n) is 10.7. The lowest BCUT2D eigenvalue weighted by molar-refractivity contribution is 0.0526. The second kappa shape index (κ2) is 6.69. The van der Waals surface area contributed by atoms with E-state index in [9.17, 15) is 9.36 Å². The third kappa shape index (κ3) is 3.95. The number of hydrogen-bond acceptors (Lipinski definition) is 5. The zero-order valence-corrected chi connectivity index (χ0v) is 11.6. The minimum absolute atomic E-state index is 0.170. The Morgan fingerprint density at radius 2 is 1.72 bits per heavy atom. The number of carbonyl (C=O) groups is 1. The van der Waals surface area contributed by atoms with Crippen LogP contribution in [0.25, 0.3) is 0 Å². The van der Waals surface area contributed by atoms with Crippen molar-refractivity contribution in [1.29, 1.82) is 0 Å². The first-order valence-corrected chi connectivity index (χ1v) is 7.24. The van der Waals surface area contributed by atoms with Gasteiger partial charge in [0.25, 0.3) is 0 Å². The summed E-state index contributed by atoms with van der Waals surface area (Å²) in [7, 11) is -0.382. The van der Waals surface area contributed by atoms with Crippen LogP contribution in [0.3, 0.4) is 0 Å². The van der Waals surface area contributed by atoms with Crippen molar-refractivity contribution in [1.82, 2.24) is 0 Å². The van der Waals surface area contributed by atoms with Gasteiger partial charge in [-0.3, -0.25) is 4.57 Å². The smallest absolute Gasteiger partial charge is 0.338 e. The standard InChI is InChI=1S/C12H17O5P/c1-4-17-12(13)11-7-5-10(6-8-11)9-18(14,15-2)16-3/h5-8H,4,9H2,1-3H3. The lowest BCUT2D eigenvalue weighted by Gasteiger charge is -2.13. The van der Waals surface area contributed by atoms with Crippen LogP contribution < -0.4 is 0 Å². The van der Waals surface area contributed by atoms with Gasteiger partial charge in [-0.2, -0.15) is 0 Å². The van der Waals surface area contributed by atoms with Crippen LogP contribution in [0.1, 0.15) is 22.8 Å². The largest absolute Gasteiger partial charge is 0.462 e. The van der Waals surface area contributed by atoms with Crippen LogP contribution in [0.5, 0.6) is 0 Å². The third-order valence-electron chi connectivity index (χ3n) is 2.40. The van der Waals surface area contributed by atoms with Crippen molar-refractivity contribution in [3.63, 3.8) is 0 Å². The van der Waals surface area contributed by atoms with E-state index in [-0.39, 0.29) is 12.1 Å². The van der Waals surface area contributed by atoms with Crippen molar-refractivity contribution in [3.05, 3.63) is 35.4 Å². The van der Waals surface area contributed by atoms with Crippen molar-refractivity contribution < 1.29 is 23.1 Å². The molecule has 0 aromatic heterocycles. The van der Waals surface area contributed by atoms with Crippen molar-refractivity contribution in [2.24, 2.45) is 0 Å². The number of esters is 1. The molecule has 0 atom stereocenters. The number of carbonyl (C=O) groups excluding carboxylic acids is 1. The van der Waals surface area contributed by atoms with Gasteiger partial charge < -0.3 is 13.8 Å². The second-order valence-electron chi connectivity index (χ2n) is 3.55. The Morgan fingerprint density at radius 3 is 2.17 bits per heavy atom. The van der Waals surface area contributed by atoms with E-state index in [1.54, 1.807) is 31.2 Å². The van der Waals surface area contributed by atoms with Crippen molar-refractivity contribution in [2.75, 3.05) is 20.8 Å². The summed E-state index contributed by atoms with van der Waals surface area (Å²) in [6.45, 7) is 2.09. The van der Waals surface area contributed by atoms with E-state index < -0.39 is 7.60 Å². The zero-order chi connectivity index (χ0) is 13.6. The fourth-order valence-corrected chi connectivity index (χ4v) is 2.45. The molecule has 0 aliphatic rings. The van der Waals surface area contributed by atoms with Crippen LogP contribution in [0, 0.1) is 0 Å². The average molecular weight is 272 g/mol. The molecule has 0 unspecified atom stereocenters. The normalized spacial score (nSPS) is 11.3. The molecule has 0 N–H and O–H groups in total. The van der Waals surface area contributed by atoms with E-state index in [1.165, 1.54) is 14.2 Å². The van der Waals surface area contributed by atoms with Gasteiger partial charge in [0, 0.05) is 14.2 Å². The van der Waals surface area contributed by atoms with Gasteiger partial charge in [-0.15, -0.1) is 0 Å². The van der Waals surface area contributed by atoms with Gasteiger partial charge in [0.2, 0.25) is 0 Å². The molecule has 0 radical (unpaired) electrons. The molecule has 0 amide bonds. The SMILES string of the molecule is CCOC(=O)c1ccc(CP(=O)(OC)OC)cc1. The Labute approximate surface area is 107 Å². The van der Waals surface area contributed by atoms with Crippen molar-refractivity contribution >= 4 is 13.6 Å². The van der Waals surface area contributed by atoms with Crippen LogP contribution in [-0.2, 0) is 24.5 Å². The van der Waals surface area contributed by atoms with Gasteiger partial charge in [-0.1, -0.05) is 12.1 Å². The third-order valence-corrected chi connectivity index (χ3v) is 4.26. The van der Waals surface area contributed by atoms with Gasteiger partial charge in [0.1, 0.15) is 0 Å². The Morgan fingerprint density at radius 1 is 1.17 bits per heavy atom. The summed E-state index contributed by atoms with van der Waals surface area (Å²) < 4.78 is 26.5. The summed E-state index contributed by atoms with van der Waals surface area (Å²) in [5, 5.41) is 0. The van der Waals surface area contributed by atoms with E-state index in [0.717, 1.165) is 5.56 Å². The molecule has 18 heavy (non-hydrogen) atoms. The van der Waals surface area contributed by atoms with E-state index in [0.29, 0.717) is 12.2 Å². The summed E-state index contributed by atoms with van der Waals surface area (Å²) in [4.78, 5) is 11.4. The predicted octanol–water partition coefficient (Wildman–Crippen LogP) is 2.85. The van der Waals surface area contributed by atoms with E-state index >= 15 is 0 Å². The molecule has 0 saturated heterocycles. The molecule has 0 fully saturated rings. The van der Waals surface area contributed by atoms with Gasteiger partial charge in [-0.25, -0.2) is 4.79 Å². The molecule has 1 aromatic carbocycles. The maximum absolute atomic E-state index is 11.9. The Balaban J connectivity index is 2.77. The van der Waals surface area contributed by atoms with Crippen molar-refractivity contribution in [2.45, 2.75) is 13.1 Å². The summed E-state index contributed by atoms with van der Waals surface area (Å²) in [6, 6.07) is 6.67. The lowest BCUT2D eigenvalue weighted by atomic mass is 10.1. The highest BCUT2D eigenvalue weighted by Crippen LogP contribution is 2.49. The predicted molar refractivity (Wildman–Crippen MR) is 67.7 cm³/mol. The molecule has 0 spiro atoms. The van der Waals surface area contributed by atoms with Crippen LogP contribution in [0.2, 0.25) is 0 Å². The first kappa shape index (κ1) is 14.9. The number of benzene rings is 1. The lowest BCUT2D eigenvalue weighted by Crippen LogP contribution is -2.04. The molecule has 1 aromatic rings. The van der Waals surface area contributed by atoms with Crippen LogP contribution in [-0.4, -0.2) is 26.8 Å². The summed E-state index contributed by atoms with van der Waals surface area (Å²) in [5.74, 6) is -0.370. The highest BCUT2D eigenvalue weighted by Gasteiger charge is 2.21. The maximum atomic E-state index is 11.9. The Kier molecular flexibility index (Phi) is 5.54. The molecular formula is C12H17O5P. The summed E-state index contributed by atoms with van der Waals surface area (Å²) in [5.41, 5.74) is 1.24. The average Bonchev–Trinajstić information content (AvgIpc) is 2.39. The summed E-state index contributed by atoms with van der Waals surface area (Å²) >= 11 is 0. The molecular weight excluding hydrogens is 255 g/mol. The van der Waals surface area contributed by atoms with E-state index in [2.05, 4.69) is 0 Å². The highest BCUT2D eigenvalue weighted by molar-refractivity contribution is 7.52. The molecule has 6 heteroatoms. The molecule has 0 aliphatic heterocycles. The fourth-order valence-electron chi connectivity index (χ4n) is 1.39. The highest BCUT2D eigenvalue weighted by atomic mass is 31.2. The minimum Gasteiger partial charge on any atom is -0.462 e. The minimum atomic E-state index is -3.07. The number of rotatable bonds is 6. The van der Waals surface area contributed by atoms with Crippen LogP contribution >= 0.6 is 7.60 Å². The van der Waals surface area contributed by atoms with Gasteiger partial charge in [-0.05, 0) is 24.6 Å². The Hall–Kier alpha value is -1.16. The molecule has 0 saturated carbocycles. The first-order chi connectivity index (χ1) is 8.54. The second-order valence-corrected chi connectivity index (χ2v) is 5.82. The van der Waals surface area contributed by atoms with E-state index in [1.807, 2.05) is 0 Å². The van der Waals surface area contributed by atoms with Crippen LogP contribution in [0.15, 0.2) is 24.3 Å². The van der Waals surface area contributed by atoms with Gasteiger partial charge in [0.05, 0.1) is 18.3 Å². The number of ether oxygens (including phenoxy) is 1. The quantitative estimate of drug-likeness (QED) is 0.588. The van der Waals surface area contributed by atoms with Gasteiger partial charge >= 0.3 is 13.6 Å². The first-order valence-electron chi connectivity index (χ1n) is 5.51. The number of hydrogen-bond donors (Lipinski definition) is 0. The molecule has 0 aliphatic carbocycles. The topological polar surface area (TPSA) is 61.8 Å². The monoisotopic (exact) mass is 272 g/mol. The fraction of sp³-hybridized carbons (Fsp3) is 0.417. The van der Waals surface area contributed by atoms with E-state index in [4.69, 9.17) is 13.8 Å². The Bertz CT molecular complexity index is 432. The molecule has 1 rings (SSSR count). The van der Waals surface area contributed by atoms with Gasteiger partial charge in [0.15, 0.2) is 0 Å². The summed E-state index contributed by atoms with van der Waals surface area (Å²) in [6.07, 6.45) is 0.170. The van der Waals surface area contributed by atoms with Crippen LogP contribution in [0.4, 0.5) is 0 Å². The maximum Gasteiger partial charge on any atom is 0.338 e. The molecule has 0 heterocycles. The molecule has 0 bridgehead atoms. The van der Waals surface area contributed by atoms with Crippen molar-refractivity contribution in [3.8, 4) is 0 Å².